The molecule has 3 heterocycles. The van der Waals surface area contributed by atoms with Crippen LogP contribution in [0.1, 0.15) is 21.0 Å². The molecule has 0 atom stereocenters. The van der Waals surface area contributed by atoms with E-state index in [1.807, 2.05) is 25.1 Å². The van der Waals surface area contributed by atoms with Gasteiger partial charge in [-0.1, -0.05) is 15.9 Å². The molecule has 1 aromatic carbocycles. The van der Waals surface area contributed by atoms with Crippen molar-refractivity contribution in [1.82, 2.24) is 9.62 Å². The number of halogens is 1. The Balaban J connectivity index is 1.46. The lowest BCUT2D eigenvalue weighted by atomic mass is 10.1. The number of nitrogens with one attached hydrogen (secondary N) is 1. The van der Waals surface area contributed by atoms with E-state index in [4.69, 9.17) is 9.15 Å². The van der Waals surface area contributed by atoms with Crippen LogP contribution in [0, 0.1) is 6.92 Å². The summed E-state index contributed by atoms with van der Waals surface area (Å²) in [5, 5.41) is 3.69. The summed E-state index contributed by atoms with van der Waals surface area (Å²) in [6.45, 7) is 3.58. The lowest BCUT2D eigenvalue weighted by Gasteiger charge is -2.25. The maximum Gasteiger partial charge on any atom is 0.287 e. The third-order valence-corrected chi connectivity index (χ3v) is 8.67. The van der Waals surface area contributed by atoms with Gasteiger partial charge >= 0.3 is 0 Å². The van der Waals surface area contributed by atoms with Gasteiger partial charge < -0.3 is 14.5 Å². The van der Waals surface area contributed by atoms with Gasteiger partial charge in [0.25, 0.3) is 15.9 Å². The molecular weight excluding hydrogens is 480 g/mol. The number of carbonyl (C=O) groups excluding carboxylic acids is 1. The Bertz CT molecular complexity index is 1160. The van der Waals surface area contributed by atoms with Crippen LogP contribution < -0.4 is 5.32 Å². The number of ether oxygens (including phenoxy) is 1. The van der Waals surface area contributed by atoms with Gasteiger partial charge in [-0.25, -0.2) is 8.42 Å². The van der Waals surface area contributed by atoms with Gasteiger partial charge in [0, 0.05) is 33.4 Å². The standard InChI is InChI=1S/C19H19BrN2O5S2/c1-12-15-10-13(20)2-4-16(15)27-18(12)19(23)21-11-14-3-5-17(28-14)29(24,25)22-6-8-26-9-7-22/h2-5,10H,6-9,11H2,1H3,(H,21,23). The molecule has 10 heteroatoms. The third kappa shape index (κ3) is 4.13. The molecule has 0 saturated carbocycles. The molecule has 1 aliphatic rings. The van der Waals surface area contributed by atoms with Gasteiger partial charge in [0.1, 0.15) is 9.79 Å². The van der Waals surface area contributed by atoms with Crippen molar-refractivity contribution in [3.63, 3.8) is 0 Å². The highest BCUT2D eigenvalue weighted by Gasteiger charge is 2.28. The maximum atomic E-state index is 12.7. The number of furan rings is 1. The number of aryl methyl sites for hydroxylation is 1. The summed E-state index contributed by atoms with van der Waals surface area (Å²) in [6, 6.07) is 8.88. The molecule has 0 aliphatic carbocycles. The summed E-state index contributed by atoms with van der Waals surface area (Å²) in [4.78, 5) is 13.3. The molecule has 0 radical (unpaired) electrons. The smallest absolute Gasteiger partial charge is 0.287 e. The highest BCUT2D eigenvalue weighted by molar-refractivity contribution is 9.10. The van der Waals surface area contributed by atoms with Crippen molar-refractivity contribution in [2.24, 2.45) is 0 Å². The quantitative estimate of drug-likeness (QED) is 0.581. The van der Waals surface area contributed by atoms with Crippen molar-refractivity contribution in [1.29, 1.82) is 0 Å². The number of morpholine rings is 1. The predicted molar refractivity (Wildman–Crippen MR) is 114 cm³/mol. The topological polar surface area (TPSA) is 88.9 Å². The molecule has 1 amide bonds. The molecule has 4 rings (SSSR count). The molecule has 29 heavy (non-hydrogen) atoms. The van der Waals surface area contributed by atoms with E-state index in [-0.39, 0.29) is 22.4 Å². The van der Waals surface area contributed by atoms with E-state index >= 15 is 0 Å². The minimum absolute atomic E-state index is 0.225. The SMILES string of the molecule is Cc1c(C(=O)NCc2ccc(S(=O)(=O)N3CCOCC3)s2)oc2ccc(Br)cc12. The molecule has 0 unspecified atom stereocenters. The molecule has 1 saturated heterocycles. The van der Waals surface area contributed by atoms with Crippen LogP contribution in [0.4, 0.5) is 0 Å². The van der Waals surface area contributed by atoms with Crippen LogP contribution in [0.25, 0.3) is 11.0 Å². The minimum atomic E-state index is -3.52. The molecule has 7 nitrogen and oxygen atoms in total. The summed E-state index contributed by atoms with van der Waals surface area (Å²) in [6.07, 6.45) is 0. The average Bonchev–Trinajstić information content (AvgIpc) is 3.32. The van der Waals surface area contributed by atoms with Gasteiger partial charge in [-0.05, 0) is 37.3 Å². The normalized spacial score (nSPS) is 15.7. The fraction of sp³-hybridized carbons (Fsp3) is 0.316. The van der Waals surface area contributed by atoms with E-state index in [9.17, 15) is 13.2 Å². The van der Waals surface area contributed by atoms with Crippen molar-refractivity contribution < 1.29 is 22.4 Å². The molecule has 1 fully saturated rings. The summed E-state index contributed by atoms with van der Waals surface area (Å²) in [7, 11) is -3.52. The molecule has 3 aromatic rings. The fourth-order valence-corrected chi connectivity index (χ4v) is 6.38. The Morgan fingerprint density at radius 1 is 1.24 bits per heavy atom. The van der Waals surface area contributed by atoms with Crippen LogP contribution in [0.3, 0.4) is 0 Å². The zero-order chi connectivity index (χ0) is 20.6. The van der Waals surface area contributed by atoms with Crippen molar-refractivity contribution >= 4 is 54.2 Å². The number of rotatable bonds is 5. The Morgan fingerprint density at radius 2 is 2.00 bits per heavy atom. The van der Waals surface area contributed by atoms with Crippen LogP contribution in [0.2, 0.25) is 0 Å². The highest BCUT2D eigenvalue weighted by Crippen LogP contribution is 2.29. The Hall–Kier alpha value is -1.72. The van der Waals surface area contributed by atoms with Crippen LogP contribution in [0.5, 0.6) is 0 Å². The minimum Gasteiger partial charge on any atom is -0.451 e. The zero-order valence-electron chi connectivity index (χ0n) is 15.6. The first-order chi connectivity index (χ1) is 13.9. The van der Waals surface area contributed by atoms with Gasteiger partial charge in [-0.3, -0.25) is 4.79 Å². The Morgan fingerprint density at radius 3 is 2.76 bits per heavy atom. The second-order valence-corrected chi connectivity index (χ2v) is 10.9. The Kier molecular flexibility index (Phi) is 5.80. The molecule has 1 N–H and O–H groups in total. The van der Waals surface area contributed by atoms with Gasteiger partial charge in [0.05, 0.1) is 19.8 Å². The summed E-state index contributed by atoms with van der Waals surface area (Å²) < 4.78 is 38.9. The van der Waals surface area contributed by atoms with Crippen molar-refractivity contribution in [2.45, 2.75) is 17.7 Å². The van der Waals surface area contributed by atoms with E-state index in [1.54, 1.807) is 12.1 Å². The van der Waals surface area contributed by atoms with Gasteiger partial charge in [0.15, 0.2) is 5.76 Å². The van der Waals surface area contributed by atoms with Gasteiger partial charge in [-0.15, -0.1) is 11.3 Å². The molecule has 1 aliphatic heterocycles. The summed E-state index contributed by atoms with van der Waals surface area (Å²) in [5.41, 5.74) is 1.41. The average molecular weight is 499 g/mol. The van der Waals surface area contributed by atoms with Gasteiger partial charge in [0.2, 0.25) is 0 Å². The van der Waals surface area contributed by atoms with E-state index < -0.39 is 10.0 Å². The summed E-state index contributed by atoms with van der Waals surface area (Å²) >= 11 is 4.58. The number of nitrogens with zero attached hydrogens (tertiary/aromatic N) is 1. The molecule has 0 spiro atoms. The second kappa shape index (κ2) is 8.19. The predicted octanol–water partition coefficient (Wildman–Crippen LogP) is 3.52. The number of fused-ring (bicyclic) bond motifs is 1. The molecule has 2 aromatic heterocycles. The lowest BCUT2D eigenvalue weighted by molar-refractivity contribution is 0.0731. The number of carbonyl (C=O) groups is 1. The highest BCUT2D eigenvalue weighted by atomic mass is 79.9. The van der Waals surface area contributed by atoms with Gasteiger partial charge in [-0.2, -0.15) is 4.31 Å². The van der Waals surface area contributed by atoms with E-state index in [0.717, 1.165) is 31.6 Å². The van der Waals surface area contributed by atoms with E-state index in [2.05, 4.69) is 21.2 Å². The van der Waals surface area contributed by atoms with Crippen LogP contribution in [-0.2, 0) is 21.3 Å². The molecule has 154 valence electrons. The number of hydrogen-bond acceptors (Lipinski definition) is 6. The van der Waals surface area contributed by atoms with E-state index in [1.165, 1.54) is 4.31 Å². The zero-order valence-corrected chi connectivity index (χ0v) is 18.8. The van der Waals surface area contributed by atoms with Crippen molar-refractivity contribution in [3.05, 3.63) is 51.0 Å². The second-order valence-electron chi connectivity index (χ2n) is 6.62. The lowest BCUT2D eigenvalue weighted by Crippen LogP contribution is -2.40. The van der Waals surface area contributed by atoms with Crippen LogP contribution >= 0.6 is 27.3 Å². The fourth-order valence-electron chi connectivity index (χ4n) is 3.16. The van der Waals surface area contributed by atoms with Crippen LogP contribution in [-0.4, -0.2) is 44.9 Å². The van der Waals surface area contributed by atoms with Crippen molar-refractivity contribution in [3.8, 4) is 0 Å². The first-order valence-electron chi connectivity index (χ1n) is 9.00. The largest absolute Gasteiger partial charge is 0.451 e. The number of thiophene rings is 1. The Labute approximate surface area is 180 Å². The maximum absolute atomic E-state index is 12.7. The number of amides is 1. The molecular formula is C19H19BrN2O5S2. The number of sulfonamides is 1. The number of benzene rings is 1. The number of hydrogen-bond donors (Lipinski definition) is 1. The van der Waals surface area contributed by atoms with Crippen molar-refractivity contribution in [2.75, 3.05) is 26.3 Å². The first kappa shape index (κ1) is 20.5. The molecule has 0 bridgehead atoms. The first-order valence-corrected chi connectivity index (χ1v) is 12.0. The monoisotopic (exact) mass is 498 g/mol. The third-order valence-electron chi connectivity index (χ3n) is 4.73. The van der Waals surface area contributed by atoms with E-state index in [0.29, 0.717) is 31.9 Å². The summed E-state index contributed by atoms with van der Waals surface area (Å²) in [5.74, 6) is -0.0726. The van der Waals surface area contributed by atoms with Crippen LogP contribution in [0.15, 0.2) is 43.4 Å².